The molecule has 2 saturated heterocycles. The van der Waals surface area contributed by atoms with Crippen molar-refractivity contribution >= 4 is 29.3 Å². The first-order valence-electron chi connectivity index (χ1n) is 10.1. The molecule has 1 N–H and O–H groups in total. The van der Waals surface area contributed by atoms with Crippen molar-refractivity contribution in [2.75, 3.05) is 39.9 Å². The lowest BCUT2D eigenvalue weighted by Crippen LogP contribution is -2.70. The second-order valence-corrected chi connectivity index (χ2v) is 8.11. The Morgan fingerprint density at radius 1 is 1.26 bits per heavy atom. The fourth-order valence-corrected chi connectivity index (χ4v) is 4.25. The van der Waals surface area contributed by atoms with Gasteiger partial charge in [-0.15, -0.1) is 0 Å². The molecule has 2 aliphatic heterocycles. The summed E-state index contributed by atoms with van der Waals surface area (Å²) in [5.41, 5.74) is 1.60. The van der Waals surface area contributed by atoms with E-state index in [2.05, 4.69) is 10.2 Å². The Morgan fingerprint density at radius 3 is 2.81 bits per heavy atom. The summed E-state index contributed by atoms with van der Waals surface area (Å²) in [4.78, 5) is 43.8. The molecule has 0 unspecified atom stereocenters. The largest absolute Gasteiger partial charge is 0.383 e. The average molecular weight is 446 g/mol. The Labute approximate surface area is 184 Å². The third-order valence-corrected chi connectivity index (χ3v) is 6.05. The number of H-pyrrole nitrogens is 1. The normalized spacial score (nSPS) is 21.5. The molecule has 0 saturated carbocycles. The number of rotatable bonds is 5. The molecular formula is C21H24ClN5O4. The minimum Gasteiger partial charge on any atom is -0.383 e. The number of halogens is 1. The lowest BCUT2D eigenvalue weighted by atomic mass is 10.0. The summed E-state index contributed by atoms with van der Waals surface area (Å²) in [6, 6.07) is 7.44. The molecule has 2 aromatic rings. The number of aromatic amines is 1. The molecule has 0 bridgehead atoms. The van der Waals surface area contributed by atoms with E-state index < -0.39 is 12.1 Å². The molecule has 9 nitrogen and oxygen atoms in total. The molecule has 3 amide bonds. The topological polar surface area (TPSA) is 98.8 Å². The fraction of sp³-hybridized carbons (Fsp3) is 0.429. The van der Waals surface area contributed by atoms with E-state index in [0.717, 1.165) is 5.56 Å². The number of fused-ring (bicyclic) bond motifs is 1. The highest BCUT2D eigenvalue weighted by Crippen LogP contribution is 2.25. The van der Waals surface area contributed by atoms with Gasteiger partial charge in [-0.1, -0.05) is 23.7 Å². The SMILES string of the molecule is COCCN1CCN2C(=O)[C@H](C)N(C(=O)c3cc(-c4cccc(Cl)c4)n[nH]3)C[C@H]2C1=O. The summed E-state index contributed by atoms with van der Waals surface area (Å²) < 4.78 is 5.07. The minimum atomic E-state index is -0.687. The Morgan fingerprint density at radius 2 is 2.06 bits per heavy atom. The number of carbonyl (C=O) groups is 3. The number of amides is 3. The molecule has 0 aliphatic carbocycles. The minimum absolute atomic E-state index is 0.138. The first kappa shape index (κ1) is 21.3. The zero-order valence-electron chi connectivity index (χ0n) is 17.4. The van der Waals surface area contributed by atoms with E-state index >= 15 is 0 Å². The third-order valence-electron chi connectivity index (χ3n) is 5.82. The molecule has 2 atom stereocenters. The second kappa shape index (κ2) is 8.68. The summed E-state index contributed by atoms with van der Waals surface area (Å²) in [5.74, 6) is -0.757. The maximum absolute atomic E-state index is 13.2. The maximum Gasteiger partial charge on any atom is 0.272 e. The van der Waals surface area contributed by atoms with Gasteiger partial charge in [0, 0.05) is 37.3 Å². The van der Waals surface area contributed by atoms with Gasteiger partial charge >= 0.3 is 0 Å². The van der Waals surface area contributed by atoms with Gasteiger partial charge in [0.05, 0.1) is 18.8 Å². The molecule has 4 rings (SSSR count). The summed E-state index contributed by atoms with van der Waals surface area (Å²) in [6.45, 7) is 3.63. The van der Waals surface area contributed by atoms with Gasteiger partial charge in [-0.25, -0.2) is 0 Å². The van der Waals surface area contributed by atoms with Crippen molar-refractivity contribution < 1.29 is 19.1 Å². The number of hydrogen-bond donors (Lipinski definition) is 1. The van der Waals surface area contributed by atoms with Crippen molar-refractivity contribution in [2.45, 2.75) is 19.0 Å². The number of methoxy groups -OCH3 is 1. The molecule has 1 aromatic carbocycles. The van der Waals surface area contributed by atoms with Crippen LogP contribution in [0.4, 0.5) is 0 Å². The van der Waals surface area contributed by atoms with Crippen LogP contribution in [-0.2, 0) is 14.3 Å². The lowest BCUT2D eigenvalue weighted by Gasteiger charge is -2.48. The quantitative estimate of drug-likeness (QED) is 0.747. The number of ether oxygens (including phenoxy) is 1. The van der Waals surface area contributed by atoms with E-state index in [4.69, 9.17) is 16.3 Å². The van der Waals surface area contributed by atoms with Crippen LogP contribution in [0.3, 0.4) is 0 Å². The summed E-state index contributed by atoms with van der Waals surface area (Å²) in [7, 11) is 1.58. The fourth-order valence-electron chi connectivity index (χ4n) is 4.06. The van der Waals surface area contributed by atoms with E-state index in [-0.39, 0.29) is 30.0 Å². The second-order valence-electron chi connectivity index (χ2n) is 7.68. The van der Waals surface area contributed by atoms with Crippen molar-refractivity contribution in [2.24, 2.45) is 0 Å². The highest BCUT2D eigenvalue weighted by Gasteiger charge is 2.46. The summed E-state index contributed by atoms with van der Waals surface area (Å²) in [5, 5.41) is 7.54. The van der Waals surface area contributed by atoms with Crippen LogP contribution in [0.25, 0.3) is 11.3 Å². The van der Waals surface area contributed by atoms with Crippen molar-refractivity contribution in [3.63, 3.8) is 0 Å². The number of benzene rings is 1. The van der Waals surface area contributed by atoms with Gasteiger partial charge in [0.2, 0.25) is 11.8 Å². The number of aromatic nitrogens is 2. The molecule has 31 heavy (non-hydrogen) atoms. The molecule has 3 heterocycles. The van der Waals surface area contributed by atoms with E-state index in [1.165, 1.54) is 4.90 Å². The maximum atomic E-state index is 13.2. The lowest BCUT2D eigenvalue weighted by molar-refractivity contribution is -0.160. The molecule has 2 fully saturated rings. The Balaban J connectivity index is 1.54. The number of nitrogens with one attached hydrogen (secondary N) is 1. The van der Waals surface area contributed by atoms with Gasteiger partial charge in [-0.05, 0) is 25.1 Å². The van der Waals surface area contributed by atoms with Crippen LogP contribution in [-0.4, -0.2) is 94.6 Å². The third kappa shape index (κ3) is 4.03. The van der Waals surface area contributed by atoms with Crippen LogP contribution in [0.5, 0.6) is 0 Å². The van der Waals surface area contributed by atoms with Gasteiger partial charge in [0.1, 0.15) is 17.8 Å². The smallest absolute Gasteiger partial charge is 0.272 e. The highest BCUT2D eigenvalue weighted by molar-refractivity contribution is 6.30. The van der Waals surface area contributed by atoms with Crippen LogP contribution >= 0.6 is 11.6 Å². The highest BCUT2D eigenvalue weighted by atomic mass is 35.5. The standard InChI is InChI=1S/C21H24ClN5O4/c1-13-19(28)26-7-6-25(8-9-31-2)21(30)18(26)12-27(13)20(29)17-11-16(23-24-17)14-4-3-5-15(22)10-14/h3-5,10-11,13,18H,6-9,12H2,1-2H3,(H,23,24)/t13-,18-/m0/s1. The van der Waals surface area contributed by atoms with Crippen molar-refractivity contribution in [1.82, 2.24) is 24.9 Å². The molecule has 164 valence electrons. The number of carbonyl (C=O) groups excluding carboxylic acids is 3. The zero-order valence-corrected chi connectivity index (χ0v) is 18.1. The Kier molecular flexibility index (Phi) is 5.97. The molecule has 1 aromatic heterocycles. The van der Waals surface area contributed by atoms with Gasteiger partial charge < -0.3 is 19.4 Å². The monoisotopic (exact) mass is 445 g/mol. The van der Waals surface area contributed by atoms with E-state index in [1.54, 1.807) is 48.1 Å². The predicted octanol–water partition coefficient (Wildman–Crippen LogP) is 1.26. The van der Waals surface area contributed by atoms with Crippen LogP contribution in [0.2, 0.25) is 5.02 Å². The van der Waals surface area contributed by atoms with Crippen LogP contribution in [0, 0.1) is 0 Å². The van der Waals surface area contributed by atoms with E-state index in [1.807, 2.05) is 6.07 Å². The van der Waals surface area contributed by atoms with E-state index in [0.29, 0.717) is 37.0 Å². The van der Waals surface area contributed by atoms with Crippen LogP contribution < -0.4 is 0 Å². The van der Waals surface area contributed by atoms with Gasteiger partial charge in [-0.3, -0.25) is 19.5 Å². The first-order valence-corrected chi connectivity index (χ1v) is 10.5. The van der Waals surface area contributed by atoms with Gasteiger partial charge in [0.15, 0.2) is 0 Å². The number of hydrogen-bond acceptors (Lipinski definition) is 5. The molecule has 0 radical (unpaired) electrons. The van der Waals surface area contributed by atoms with Gasteiger partial charge in [0.25, 0.3) is 5.91 Å². The predicted molar refractivity (Wildman–Crippen MR) is 113 cm³/mol. The number of nitrogens with zero attached hydrogens (tertiary/aromatic N) is 4. The summed E-state index contributed by atoms with van der Waals surface area (Å²) >= 11 is 6.04. The zero-order chi connectivity index (χ0) is 22.1. The molecular weight excluding hydrogens is 422 g/mol. The Bertz CT molecular complexity index is 1010. The van der Waals surface area contributed by atoms with Crippen molar-refractivity contribution in [1.29, 1.82) is 0 Å². The van der Waals surface area contributed by atoms with Crippen LogP contribution in [0.15, 0.2) is 30.3 Å². The van der Waals surface area contributed by atoms with Crippen molar-refractivity contribution in [3.05, 3.63) is 41.0 Å². The van der Waals surface area contributed by atoms with Gasteiger partial charge in [-0.2, -0.15) is 5.10 Å². The van der Waals surface area contributed by atoms with E-state index in [9.17, 15) is 14.4 Å². The molecule has 0 spiro atoms. The molecule has 2 aliphatic rings. The average Bonchev–Trinajstić information content (AvgIpc) is 3.26. The summed E-state index contributed by atoms with van der Waals surface area (Å²) in [6.07, 6.45) is 0. The van der Waals surface area contributed by atoms with Crippen molar-refractivity contribution in [3.8, 4) is 11.3 Å². The molecule has 10 heteroatoms. The first-order chi connectivity index (χ1) is 14.9. The van der Waals surface area contributed by atoms with Crippen LogP contribution in [0.1, 0.15) is 17.4 Å². The number of piperazine rings is 2. The Hall–Kier alpha value is -2.91.